The van der Waals surface area contributed by atoms with Gasteiger partial charge in [0.05, 0.1) is 75.9 Å². The standard InChI is InChI=1S/C12H8F3N3.C12H9F3N2O2.C8H3F4N.C4H6N2.CH4.Na.H2O/c1-8-6-18(7-17-8)11-3-9(5-16)2-10(4-11)12(13,14)15;1-7-5-17(6-16-7)10-3-8(11(18)19)2-9(4-10)12(13,14)15;9-7-2-5(4-13)1-6(3-7)8(10,11)12;1-4-2-5-3-6-4;;;/h2-4,6-7H,1H3;2-6H,1H3,(H,18,19);1-3H;2-3H,1H3,(H,5,6);1H4;;1H2/q;;;;;+1;/p-1. The summed E-state index contributed by atoms with van der Waals surface area (Å²) >= 11 is 0. The van der Waals surface area contributed by atoms with Gasteiger partial charge in [-0.25, -0.2) is 24.1 Å². The summed E-state index contributed by atoms with van der Waals surface area (Å²) in [4.78, 5) is 25.4. The third kappa shape index (κ3) is 16.4. The Morgan fingerprint density at radius 1 is 0.695 bits per heavy atom. The maximum absolute atomic E-state index is 12.7. The van der Waals surface area contributed by atoms with Gasteiger partial charge in [0.25, 0.3) is 0 Å². The minimum atomic E-state index is -4.62. The van der Waals surface area contributed by atoms with E-state index in [0.717, 1.165) is 30.0 Å². The first-order chi connectivity index (χ1) is 26.0. The summed E-state index contributed by atoms with van der Waals surface area (Å²) in [5, 5.41) is 25.9. The Hall–Kier alpha value is -6.00. The zero-order valence-electron chi connectivity index (χ0n) is 30.4. The average molecular weight is 849 g/mol. The molecule has 0 aliphatic rings. The maximum atomic E-state index is 12.7. The van der Waals surface area contributed by atoms with Crippen LogP contribution in [0.15, 0.2) is 92.2 Å². The van der Waals surface area contributed by atoms with E-state index in [2.05, 4.69) is 19.9 Å². The van der Waals surface area contributed by atoms with Crippen molar-refractivity contribution in [1.82, 2.24) is 29.1 Å². The largest absolute Gasteiger partial charge is 1.00 e. The number of H-pyrrole nitrogens is 1. The molecule has 3 aromatic heterocycles. The molecule has 0 atom stereocenters. The summed E-state index contributed by atoms with van der Waals surface area (Å²) < 4.78 is 127. The van der Waals surface area contributed by atoms with E-state index >= 15 is 0 Å². The Morgan fingerprint density at radius 2 is 1.12 bits per heavy atom. The topological polar surface area (TPSA) is 179 Å². The van der Waals surface area contributed by atoms with Gasteiger partial charge < -0.3 is 24.7 Å². The summed E-state index contributed by atoms with van der Waals surface area (Å²) in [7, 11) is 0. The fraction of sp³-hybridized carbons (Fsp3) is 0.189. The van der Waals surface area contributed by atoms with E-state index in [1.807, 2.05) is 6.92 Å². The third-order valence-electron chi connectivity index (χ3n) is 6.88. The van der Waals surface area contributed by atoms with E-state index in [1.54, 1.807) is 38.6 Å². The molecule has 0 aliphatic heterocycles. The first-order valence-electron chi connectivity index (χ1n) is 15.3. The molecule has 0 saturated carbocycles. The van der Waals surface area contributed by atoms with Gasteiger partial charge in [-0.15, -0.1) is 0 Å². The predicted molar refractivity (Wildman–Crippen MR) is 186 cm³/mol. The molecule has 3 aromatic carbocycles. The first-order valence-corrected chi connectivity index (χ1v) is 15.3. The fourth-order valence-corrected chi connectivity index (χ4v) is 4.30. The van der Waals surface area contributed by atoms with E-state index in [9.17, 15) is 48.7 Å². The Kier molecular flexibility index (Phi) is 20.0. The van der Waals surface area contributed by atoms with Gasteiger partial charge in [-0.3, -0.25) is 0 Å². The minimum Gasteiger partial charge on any atom is -0.870 e. The van der Waals surface area contributed by atoms with Crippen molar-refractivity contribution in [3.8, 4) is 23.5 Å². The Morgan fingerprint density at radius 3 is 1.46 bits per heavy atom. The molecule has 3 N–H and O–H groups in total. The van der Waals surface area contributed by atoms with Crippen LogP contribution in [0.25, 0.3) is 11.4 Å². The molecule has 22 heteroatoms. The average Bonchev–Trinajstić information content (AvgIpc) is 3.90. The number of imidazole rings is 3. The smallest absolute Gasteiger partial charge is 0.870 e. The Balaban J connectivity index is 0.000000788. The zero-order valence-corrected chi connectivity index (χ0v) is 32.4. The minimum absolute atomic E-state index is 0. The molecule has 0 aliphatic carbocycles. The molecule has 0 radical (unpaired) electrons. The van der Waals surface area contributed by atoms with Crippen molar-refractivity contribution >= 4 is 5.97 Å². The number of aromatic nitrogens is 6. The molecule has 0 saturated heterocycles. The van der Waals surface area contributed by atoms with Crippen molar-refractivity contribution in [3.05, 3.63) is 148 Å². The quantitative estimate of drug-likeness (QED) is 0.143. The van der Waals surface area contributed by atoms with E-state index in [-0.39, 0.29) is 65.0 Å². The second-order valence-corrected chi connectivity index (χ2v) is 11.4. The number of nitriles is 2. The molecule has 11 nitrogen and oxygen atoms in total. The molecule has 0 amide bonds. The van der Waals surface area contributed by atoms with Crippen molar-refractivity contribution < 1.29 is 88.8 Å². The van der Waals surface area contributed by atoms with Crippen LogP contribution >= 0.6 is 0 Å². The molecule has 0 spiro atoms. The van der Waals surface area contributed by atoms with Crippen LogP contribution in [0.2, 0.25) is 0 Å². The molecule has 3 heterocycles. The van der Waals surface area contributed by atoms with Crippen LogP contribution < -0.4 is 29.6 Å². The van der Waals surface area contributed by atoms with Crippen molar-refractivity contribution in [3.63, 3.8) is 0 Å². The van der Waals surface area contributed by atoms with Gasteiger partial charge in [-0.1, -0.05) is 7.43 Å². The molecular formula is C37H31F10N8NaO3. The number of nitrogens with one attached hydrogen (secondary N) is 1. The Bertz CT molecular complexity index is 2360. The number of hydrogen-bond donors (Lipinski definition) is 2. The number of benzene rings is 3. The number of aryl methyl sites for hydroxylation is 3. The van der Waals surface area contributed by atoms with Gasteiger partial charge in [0.15, 0.2) is 0 Å². The van der Waals surface area contributed by atoms with Crippen LogP contribution in [0.4, 0.5) is 43.9 Å². The summed E-state index contributed by atoms with van der Waals surface area (Å²) in [6.45, 7) is 5.38. The summed E-state index contributed by atoms with van der Waals surface area (Å²) in [5.74, 6) is -2.48. The van der Waals surface area contributed by atoms with E-state index in [0.29, 0.717) is 29.6 Å². The van der Waals surface area contributed by atoms with E-state index in [1.165, 1.54) is 46.2 Å². The van der Waals surface area contributed by atoms with E-state index < -0.39 is 52.6 Å². The van der Waals surface area contributed by atoms with Crippen LogP contribution in [0.5, 0.6) is 0 Å². The molecule has 308 valence electrons. The molecule has 59 heavy (non-hydrogen) atoms. The second kappa shape index (κ2) is 22.2. The fourth-order valence-electron chi connectivity index (χ4n) is 4.30. The number of nitrogens with zero attached hydrogens (tertiary/aromatic N) is 7. The number of hydrogen-bond acceptors (Lipinski definition) is 7. The number of aromatic amines is 1. The second-order valence-electron chi connectivity index (χ2n) is 11.4. The number of carboxylic acids is 1. The molecule has 0 fully saturated rings. The molecular weight excluding hydrogens is 817 g/mol. The monoisotopic (exact) mass is 848 g/mol. The SMILES string of the molecule is C.Cc1cn(-c2cc(C#N)cc(C(F)(F)F)c2)cn1.Cc1cn(-c2cc(C(=O)O)cc(C(F)(F)F)c2)cn1.Cc1cnc[nH]1.N#Cc1cc(F)cc(C(F)(F)F)c1.[Na+].[OH-]. The van der Waals surface area contributed by atoms with Gasteiger partial charge in [-0.2, -0.15) is 50.0 Å². The molecule has 0 unspecified atom stereocenters. The number of alkyl halides is 9. The molecule has 0 bridgehead atoms. The van der Waals surface area contributed by atoms with Crippen molar-refractivity contribution in [2.45, 2.75) is 46.7 Å². The van der Waals surface area contributed by atoms with Crippen LogP contribution in [-0.4, -0.2) is 45.6 Å². The van der Waals surface area contributed by atoms with Gasteiger partial charge in [0.1, 0.15) is 5.82 Å². The number of aromatic carboxylic acids is 1. The maximum Gasteiger partial charge on any atom is 1.00 e. The van der Waals surface area contributed by atoms with Crippen molar-refractivity contribution in [2.24, 2.45) is 0 Å². The van der Waals surface area contributed by atoms with Crippen LogP contribution in [0, 0.1) is 49.3 Å². The van der Waals surface area contributed by atoms with Gasteiger partial charge in [0.2, 0.25) is 0 Å². The van der Waals surface area contributed by atoms with Crippen molar-refractivity contribution in [2.75, 3.05) is 0 Å². The normalized spacial score (nSPS) is 10.5. The van der Waals surface area contributed by atoms with Crippen LogP contribution in [0.1, 0.15) is 62.7 Å². The van der Waals surface area contributed by atoms with Gasteiger partial charge in [-0.05, 0) is 75.4 Å². The van der Waals surface area contributed by atoms with Gasteiger partial charge in [0, 0.05) is 35.7 Å². The van der Waals surface area contributed by atoms with E-state index in [4.69, 9.17) is 15.6 Å². The first kappa shape index (κ1) is 53.0. The third-order valence-corrected chi connectivity index (χ3v) is 6.88. The predicted octanol–water partition coefficient (Wildman–Crippen LogP) is 6.87. The van der Waals surface area contributed by atoms with Crippen molar-refractivity contribution in [1.29, 1.82) is 10.5 Å². The Labute approximate surface area is 351 Å². The number of halogens is 10. The summed E-state index contributed by atoms with van der Waals surface area (Å²) in [6.07, 6.45) is -4.41. The summed E-state index contributed by atoms with van der Waals surface area (Å²) in [5.41, 5.74) is -1.01. The molecule has 6 rings (SSSR count). The zero-order chi connectivity index (χ0) is 42.0. The van der Waals surface area contributed by atoms with Crippen LogP contribution in [0.3, 0.4) is 0 Å². The van der Waals surface area contributed by atoms with Crippen LogP contribution in [-0.2, 0) is 18.5 Å². The summed E-state index contributed by atoms with van der Waals surface area (Å²) in [6, 6.07) is 10.7. The number of rotatable bonds is 3. The number of carbonyl (C=O) groups is 1. The number of carboxylic acid groups (broad SMARTS) is 1. The molecule has 6 aromatic rings. The van der Waals surface area contributed by atoms with Gasteiger partial charge >= 0.3 is 54.1 Å².